The Bertz CT molecular complexity index is 368. The Morgan fingerprint density at radius 2 is 1.22 bits per heavy atom. The summed E-state index contributed by atoms with van der Waals surface area (Å²) in [5.41, 5.74) is 0.0183. The molecule has 0 amide bonds. The van der Waals surface area contributed by atoms with Gasteiger partial charge in [0.1, 0.15) is 0 Å². The van der Waals surface area contributed by atoms with Crippen LogP contribution in [0.4, 0.5) is 0 Å². The van der Waals surface area contributed by atoms with Crippen LogP contribution in [-0.2, 0) is 9.84 Å². The highest BCUT2D eigenvalue weighted by atomic mass is 32.2. The summed E-state index contributed by atoms with van der Waals surface area (Å²) in [6.07, 6.45) is 1.40. The van der Waals surface area contributed by atoms with Gasteiger partial charge in [-0.2, -0.15) is 0 Å². The lowest BCUT2D eigenvalue weighted by Crippen LogP contribution is -2.48. The molecule has 0 N–H and O–H groups in total. The Morgan fingerprint density at radius 3 is 1.50 bits per heavy atom. The van der Waals surface area contributed by atoms with Crippen LogP contribution in [0.5, 0.6) is 0 Å². The van der Waals surface area contributed by atoms with E-state index in [2.05, 4.69) is 34.6 Å². The Balaban J connectivity index is 5.37. The largest absolute Gasteiger partial charge is 0.228 e. The van der Waals surface area contributed by atoms with Gasteiger partial charge in [-0.3, -0.25) is 0 Å². The number of rotatable bonds is 5. The molecule has 3 heteroatoms. The summed E-state index contributed by atoms with van der Waals surface area (Å²) < 4.78 is 24.4. The van der Waals surface area contributed by atoms with E-state index in [1.54, 1.807) is 0 Å². The summed E-state index contributed by atoms with van der Waals surface area (Å²) in [4.78, 5) is 0. The third-order valence-corrected chi connectivity index (χ3v) is 6.53. The van der Waals surface area contributed by atoms with Gasteiger partial charge >= 0.3 is 0 Å². The molecular weight excluding hydrogens is 244 g/mol. The number of sulfone groups is 1. The summed E-state index contributed by atoms with van der Waals surface area (Å²) in [6.45, 7) is 17.9. The van der Waals surface area contributed by atoms with Crippen LogP contribution in [0.25, 0.3) is 0 Å². The van der Waals surface area contributed by atoms with Crippen molar-refractivity contribution in [1.29, 1.82) is 0 Å². The molecule has 0 aromatic rings. The van der Waals surface area contributed by atoms with Gasteiger partial charge in [0.05, 0.1) is 9.49 Å². The van der Waals surface area contributed by atoms with Gasteiger partial charge in [-0.15, -0.1) is 0 Å². The summed E-state index contributed by atoms with van der Waals surface area (Å²) in [5, 5.41) is 0. The Hall–Kier alpha value is -0.0500. The van der Waals surface area contributed by atoms with Crippen LogP contribution >= 0.6 is 0 Å². The first kappa shape index (κ1) is 17.9. The van der Waals surface area contributed by atoms with E-state index in [1.165, 1.54) is 0 Å². The first-order valence-corrected chi connectivity index (χ1v) is 8.35. The molecule has 0 aromatic carbocycles. The van der Waals surface area contributed by atoms with E-state index >= 15 is 0 Å². The standard InChI is InChI=1S/C15H32O2S/c1-12(2)10-14(6,7)18(16,17)15(8,9)11-13(3,4)5/h12H,10-11H2,1-9H3. The topological polar surface area (TPSA) is 34.1 Å². The first-order valence-electron chi connectivity index (χ1n) is 6.87. The van der Waals surface area contributed by atoms with Crippen molar-refractivity contribution < 1.29 is 8.42 Å². The Kier molecular flexibility index (Phi) is 5.13. The average Bonchev–Trinajstić information content (AvgIpc) is 1.95. The predicted molar refractivity (Wildman–Crippen MR) is 80.6 cm³/mol. The Labute approximate surface area is 114 Å². The van der Waals surface area contributed by atoms with Crippen molar-refractivity contribution >= 4 is 9.84 Å². The van der Waals surface area contributed by atoms with Gasteiger partial charge in [0.2, 0.25) is 0 Å². The fraction of sp³-hybridized carbons (Fsp3) is 1.00. The van der Waals surface area contributed by atoms with Crippen molar-refractivity contribution in [2.75, 3.05) is 0 Å². The molecule has 0 saturated heterocycles. The molecule has 0 saturated carbocycles. The maximum atomic E-state index is 12.9. The molecule has 110 valence electrons. The number of hydrogen-bond donors (Lipinski definition) is 0. The van der Waals surface area contributed by atoms with E-state index in [1.807, 2.05) is 27.7 Å². The second kappa shape index (κ2) is 5.15. The van der Waals surface area contributed by atoms with Gasteiger partial charge < -0.3 is 0 Å². The zero-order valence-corrected chi connectivity index (χ0v) is 14.5. The molecule has 0 radical (unpaired) electrons. The lowest BCUT2D eigenvalue weighted by molar-refractivity contribution is 0.322. The summed E-state index contributed by atoms with van der Waals surface area (Å²) in [7, 11) is -3.17. The van der Waals surface area contributed by atoms with Gasteiger partial charge in [0, 0.05) is 0 Å². The SMILES string of the molecule is CC(C)CC(C)(C)S(=O)(=O)C(C)(C)CC(C)(C)C. The molecule has 0 aliphatic heterocycles. The van der Waals surface area contributed by atoms with Crippen molar-refractivity contribution in [3.63, 3.8) is 0 Å². The molecule has 18 heavy (non-hydrogen) atoms. The van der Waals surface area contributed by atoms with Gasteiger partial charge in [0.25, 0.3) is 0 Å². The smallest absolute Gasteiger partial charge is 0.160 e. The zero-order valence-electron chi connectivity index (χ0n) is 13.7. The van der Waals surface area contributed by atoms with Gasteiger partial charge in [-0.05, 0) is 51.9 Å². The molecular formula is C15H32O2S. The van der Waals surface area contributed by atoms with Crippen molar-refractivity contribution in [2.24, 2.45) is 11.3 Å². The molecule has 2 nitrogen and oxygen atoms in total. The normalized spacial score (nSPS) is 15.2. The molecule has 0 aromatic heterocycles. The van der Waals surface area contributed by atoms with Crippen LogP contribution < -0.4 is 0 Å². The second-order valence-electron chi connectivity index (χ2n) is 8.36. The quantitative estimate of drug-likeness (QED) is 0.744. The van der Waals surface area contributed by atoms with Crippen molar-refractivity contribution in [3.8, 4) is 0 Å². The molecule has 0 aliphatic carbocycles. The van der Waals surface area contributed by atoms with E-state index in [9.17, 15) is 8.42 Å². The minimum Gasteiger partial charge on any atom is -0.228 e. The first-order chi connectivity index (χ1) is 7.62. The van der Waals surface area contributed by atoms with Crippen LogP contribution in [0, 0.1) is 11.3 Å². The van der Waals surface area contributed by atoms with E-state index < -0.39 is 19.3 Å². The summed E-state index contributed by atoms with van der Waals surface area (Å²) in [5.74, 6) is 0.389. The van der Waals surface area contributed by atoms with Crippen LogP contribution in [-0.4, -0.2) is 17.9 Å². The van der Waals surface area contributed by atoms with Gasteiger partial charge in [0.15, 0.2) is 9.84 Å². The molecule has 0 heterocycles. The zero-order chi connectivity index (χ0) is 15.0. The molecule has 0 fully saturated rings. The Morgan fingerprint density at radius 1 is 0.833 bits per heavy atom. The van der Waals surface area contributed by atoms with E-state index in [0.29, 0.717) is 18.8 Å². The summed E-state index contributed by atoms with van der Waals surface area (Å²) >= 11 is 0. The van der Waals surface area contributed by atoms with Crippen LogP contribution in [0.2, 0.25) is 0 Å². The second-order valence-corrected chi connectivity index (χ2v) is 11.6. The highest BCUT2D eigenvalue weighted by Gasteiger charge is 2.47. The average molecular weight is 276 g/mol. The van der Waals surface area contributed by atoms with Crippen molar-refractivity contribution in [2.45, 2.75) is 84.6 Å². The fourth-order valence-corrected chi connectivity index (χ4v) is 5.88. The lowest BCUT2D eigenvalue weighted by atomic mass is 9.86. The minimum absolute atomic E-state index is 0.0183. The van der Waals surface area contributed by atoms with E-state index in [0.717, 1.165) is 0 Å². The molecule has 0 spiro atoms. The van der Waals surface area contributed by atoms with Crippen LogP contribution in [0.15, 0.2) is 0 Å². The number of hydrogen-bond acceptors (Lipinski definition) is 2. The third kappa shape index (κ3) is 4.25. The molecule has 0 bridgehead atoms. The molecule has 0 atom stereocenters. The maximum absolute atomic E-state index is 12.9. The molecule has 0 unspecified atom stereocenters. The van der Waals surface area contributed by atoms with Gasteiger partial charge in [-0.25, -0.2) is 8.42 Å². The van der Waals surface area contributed by atoms with Crippen LogP contribution in [0.1, 0.15) is 75.2 Å². The van der Waals surface area contributed by atoms with E-state index in [4.69, 9.17) is 0 Å². The predicted octanol–water partition coefficient (Wildman–Crippen LogP) is 4.44. The van der Waals surface area contributed by atoms with Crippen molar-refractivity contribution in [3.05, 3.63) is 0 Å². The monoisotopic (exact) mass is 276 g/mol. The lowest BCUT2D eigenvalue weighted by Gasteiger charge is -2.39. The molecule has 0 rings (SSSR count). The third-order valence-electron chi connectivity index (χ3n) is 3.31. The maximum Gasteiger partial charge on any atom is 0.160 e. The highest BCUT2D eigenvalue weighted by molar-refractivity contribution is 7.94. The fourth-order valence-electron chi connectivity index (χ4n) is 3.21. The van der Waals surface area contributed by atoms with Gasteiger partial charge in [-0.1, -0.05) is 34.6 Å². The highest BCUT2D eigenvalue weighted by Crippen LogP contribution is 2.40. The van der Waals surface area contributed by atoms with Crippen molar-refractivity contribution in [1.82, 2.24) is 0 Å². The molecule has 0 aliphatic rings. The van der Waals surface area contributed by atoms with E-state index in [-0.39, 0.29) is 5.41 Å². The van der Waals surface area contributed by atoms with Crippen LogP contribution in [0.3, 0.4) is 0 Å². The minimum atomic E-state index is -3.17. The summed E-state index contributed by atoms with van der Waals surface area (Å²) in [6, 6.07) is 0.